The highest BCUT2D eigenvalue weighted by Gasteiger charge is 2.41. The Hall–Kier alpha value is -0.890. The van der Waals surface area contributed by atoms with Crippen molar-refractivity contribution in [2.45, 2.75) is 38.0 Å². The van der Waals surface area contributed by atoms with Crippen LogP contribution in [0.5, 0.6) is 0 Å². The van der Waals surface area contributed by atoms with Gasteiger partial charge < -0.3 is 9.88 Å². The molecule has 0 atom stereocenters. The van der Waals surface area contributed by atoms with E-state index in [9.17, 15) is 17.4 Å². The van der Waals surface area contributed by atoms with Crippen molar-refractivity contribution < 1.29 is 17.4 Å². The predicted molar refractivity (Wildman–Crippen MR) is 68.8 cm³/mol. The van der Waals surface area contributed by atoms with Gasteiger partial charge in [0, 0.05) is 53.6 Å². The molecule has 3 rings (SSSR count). The van der Waals surface area contributed by atoms with Crippen LogP contribution in [0.4, 0.5) is 13.2 Å². The third-order valence-corrected chi connectivity index (χ3v) is 5.28. The molecule has 2 aliphatic rings. The predicted octanol–water partition coefficient (Wildman–Crippen LogP) is 1.63. The average molecular weight is 307 g/mol. The minimum atomic E-state index is -4.44. The zero-order valence-corrected chi connectivity index (χ0v) is 11.7. The molecule has 8 heteroatoms. The SMILES string of the molecule is O=S1CCC(n2c(C(F)(F)F)nc3c2CCNC3)CC1. The van der Waals surface area contributed by atoms with Crippen molar-refractivity contribution >= 4 is 10.8 Å². The van der Waals surface area contributed by atoms with Crippen LogP contribution < -0.4 is 5.32 Å². The van der Waals surface area contributed by atoms with E-state index < -0.39 is 22.8 Å². The van der Waals surface area contributed by atoms with E-state index in [1.807, 2.05) is 0 Å². The van der Waals surface area contributed by atoms with Gasteiger partial charge in [0.05, 0.1) is 5.69 Å². The summed E-state index contributed by atoms with van der Waals surface area (Å²) in [4.78, 5) is 3.82. The number of hydrogen-bond donors (Lipinski definition) is 1. The number of fused-ring (bicyclic) bond motifs is 1. The highest BCUT2D eigenvalue weighted by molar-refractivity contribution is 7.85. The van der Waals surface area contributed by atoms with Gasteiger partial charge in [-0.2, -0.15) is 13.2 Å². The number of rotatable bonds is 1. The fourth-order valence-corrected chi connectivity index (χ4v) is 4.24. The molecule has 1 fully saturated rings. The van der Waals surface area contributed by atoms with Gasteiger partial charge in [0.25, 0.3) is 0 Å². The third-order valence-electron chi connectivity index (χ3n) is 3.90. The molecule has 0 unspecified atom stereocenters. The lowest BCUT2D eigenvalue weighted by Crippen LogP contribution is -2.29. The molecular formula is C12H16F3N3OS. The van der Waals surface area contributed by atoms with Crippen LogP contribution in [-0.4, -0.2) is 31.8 Å². The van der Waals surface area contributed by atoms with E-state index in [2.05, 4.69) is 10.3 Å². The first kappa shape index (κ1) is 14.1. The minimum Gasteiger partial charge on any atom is -0.321 e. The summed E-state index contributed by atoms with van der Waals surface area (Å²) in [5.41, 5.74) is 1.21. The molecule has 0 bridgehead atoms. The van der Waals surface area contributed by atoms with Crippen LogP contribution in [0, 0.1) is 0 Å². The largest absolute Gasteiger partial charge is 0.449 e. The van der Waals surface area contributed by atoms with Gasteiger partial charge >= 0.3 is 6.18 Å². The van der Waals surface area contributed by atoms with E-state index in [1.54, 1.807) is 0 Å². The summed E-state index contributed by atoms with van der Waals surface area (Å²) in [5.74, 6) is 0.171. The van der Waals surface area contributed by atoms with Gasteiger partial charge in [0.1, 0.15) is 0 Å². The molecule has 4 nitrogen and oxygen atoms in total. The minimum absolute atomic E-state index is 0.223. The molecule has 1 aromatic rings. The Balaban J connectivity index is 2.02. The van der Waals surface area contributed by atoms with E-state index in [0.29, 0.717) is 55.2 Å². The van der Waals surface area contributed by atoms with Crippen LogP contribution in [0.15, 0.2) is 0 Å². The summed E-state index contributed by atoms with van der Waals surface area (Å²) in [6, 6.07) is -0.223. The van der Waals surface area contributed by atoms with Crippen molar-refractivity contribution in [2.75, 3.05) is 18.1 Å². The van der Waals surface area contributed by atoms with Crippen LogP contribution in [0.1, 0.15) is 36.1 Å². The van der Waals surface area contributed by atoms with Crippen molar-refractivity contribution in [3.05, 3.63) is 17.2 Å². The molecular weight excluding hydrogens is 291 g/mol. The maximum atomic E-state index is 13.2. The van der Waals surface area contributed by atoms with Gasteiger partial charge in [0.15, 0.2) is 0 Å². The van der Waals surface area contributed by atoms with Gasteiger partial charge in [-0.05, 0) is 12.8 Å². The molecule has 0 saturated carbocycles. The Morgan fingerprint density at radius 1 is 1.30 bits per heavy atom. The Labute approximate surface area is 117 Å². The highest BCUT2D eigenvalue weighted by Crippen LogP contribution is 2.36. The number of alkyl halides is 3. The van der Waals surface area contributed by atoms with Crippen molar-refractivity contribution in [2.24, 2.45) is 0 Å². The summed E-state index contributed by atoms with van der Waals surface area (Å²) in [5, 5.41) is 3.05. The summed E-state index contributed by atoms with van der Waals surface area (Å²) in [6.45, 7) is 1.07. The summed E-state index contributed by atoms with van der Waals surface area (Å²) >= 11 is 0. The summed E-state index contributed by atoms with van der Waals surface area (Å²) in [7, 11) is -0.879. The number of nitrogens with zero attached hydrogens (tertiary/aromatic N) is 2. The molecule has 1 saturated heterocycles. The Bertz CT molecular complexity index is 531. The number of aromatic nitrogens is 2. The first-order valence-electron chi connectivity index (χ1n) is 6.69. The van der Waals surface area contributed by atoms with E-state index in [0.717, 1.165) is 0 Å². The van der Waals surface area contributed by atoms with Gasteiger partial charge in [-0.1, -0.05) is 0 Å². The Kier molecular flexibility index (Phi) is 3.62. The zero-order valence-electron chi connectivity index (χ0n) is 10.9. The van der Waals surface area contributed by atoms with Gasteiger partial charge in [-0.15, -0.1) is 0 Å². The fourth-order valence-electron chi connectivity index (χ4n) is 2.97. The molecule has 0 aliphatic carbocycles. The van der Waals surface area contributed by atoms with Crippen LogP contribution in [-0.2, 0) is 29.9 Å². The van der Waals surface area contributed by atoms with Gasteiger partial charge in [-0.3, -0.25) is 4.21 Å². The summed E-state index contributed by atoms with van der Waals surface area (Å²) in [6.07, 6.45) is -2.80. The van der Waals surface area contributed by atoms with Crippen LogP contribution in [0.25, 0.3) is 0 Å². The van der Waals surface area contributed by atoms with E-state index in [4.69, 9.17) is 0 Å². The lowest BCUT2D eigenvalue weighted by atomic mass is 10.1. The topological polar surface area (TPSA) is 46.9 Å². The maximum Gasteiger partial charge on any atom is 0.449 e. The maximum absolute atomic E-state index is 13.2. The van der Waals surface area contributed by atoms with E-state index in [1.165, 1.54) is 4.57 Å². The molecule has 20 heavy (non-hydrogen) atoms. The second-order valence-electron chi connectivity index (χ2n) is 5.20. The van der Waals surface area contributed by atoms with Crippen LogP contribution in [0.2, 0.25) is 0 Å². The van der Waals surface area contributed by atoms with Crippen molar-refractivity contribution in [1.29, 1.82) is 0 Å². The van der Waals surface area contributed by atoms with Crippen molar-refractivity contribution in [3.63, 3.8) is 0 Å². The molecule has 0 spiro atoms. The molecule has 2 aliphatic heterocycles. The Morgan fingerprint density at radius 3 is 2.65 bits per heavy atom. The standard InChI is InChI=1S/C12H16F3N3OS/c13-12(14,15)11-17-9-7-16-4-1-10(9)18(11)8-2-5-20(19)6-3-8/h8,16H,1-7H2. The highest BCUT2D eigenvalue weighted by atomic mass is 32.2. The van der Waals surface area contributed by atoms with Crippen molar-refractivity contribution in [1.82, 2.24) is 14.9 Å². The number of hydrogen-bond acceptors (Lipinski definition) is 3. The number of nitrogens with one attached hydrogen (secondary N) is 1. The average Bonchev–Trinajstić information content (AvgIpc) is 2.79. The molecule has 1 N–H and O–H groups in total. The Morgan fingerprint density at radius 2 is 2.00 bits per heavy atom. The molecule has 1 aromatic heterocycles. The number of halogens is 3. The summed E-state index contributed by atoms with van der Waals surface area (Å²) < 4.78 is 52.4. The molecule has 0 aromatic carbocycles. The first-order valence-corrected chi connectivity index (χ1v) is 8.18. The lowest BCUT2D eigenvalue weighted by Gasteiger charge is -2.28. The molecule has 112 valence electrons. The van der Waals surface area contributed by atoms with Crippen LogP contribution >= 0.6 is 0 Å². The lowest BCUT2D eigenvalue weighted by molar-refractivity contribution is -0.148. The van der Waals surface area contributed by atoms with Gasteiger partial charge in [0.2, 0.25) is 5.82 Å². The van der Waals surface area contributed by atoms with Crippen LogP contribution in [0.3, 0.4) is 0 Å². The van der Waals surface area contributed by atoms with E-state index >= 15 is 0 Å². The third kappa shape index (κ3) is 2.50. The quantitative estimate of drug-likeness (QED) is 0.858. The zero-order chi connectivity index (χ0) is 14.3. The smallest absolute Gasteiger partial charge is 0.321 e. The molecule has 0 amide bonds. The number of imidazole rings is 1. The molecule has 0 radical (unpaired) electrons. The first-order chi connectivity index (χ1) is 9.47. The fraction of sp³-hybridized carbons (Fsp3) is 0.750. The monoisotopic (exact) mass is 307 g/mol. The van der Waals surface area contributed by atoms with E-state index in [-0.39, 0.29) is 6.04 Å². The molecule has 3 heterocycles. The second-order valence-corrected chi connectivity index (χ2v) is 6.90. The van der Waals surface area contributed by atoms with Crippen molar-refractivity contribution in [3.8, 4) is 0 Å². The second kappa shape index (κ2) is 5.14. The normalized spacial score (nSPS) is 27.4. The van der Waals surface area contributed by atoms with Gasteiger partial charge in [-0.25, -0.2) is 4.98 Å².